The number of ether oxygens (including phenoxy) is 2. The number of nitrogens with zero attached hydrogens (tertiary/aromatic N) is 2. The van der Waals surface area contributed by atoms with Crippen molar-refractivity contribution in [1.29, 1.82) is 0 Å². The molecule has 3 aromatic rings. The zero-order chi connectivity index (χ0) is 22.4. The standard InChI is InChI=1S/C22H23BrN4O4/c1-4-31-20-18(23)11-15(12-19(20)30-3)22(29)26-17-8-5-7-16(13-17)25-21(28)14(2)27-10-6-9-24-27/h5-14H,4H2,1-3H3,(H,25,28)(H,26,29). The normalized spacial score (nSPS) is 11.5. The van der Waals surface area contributed by atoms with Gasteiger partial charge in [-0.25, -0.2) is 0 Å². The molecule has 2 aromatic carbocycles. The molecule has 0 saturated heterocycles. The Morgan fingerprint density at radius 3 is 2.55 bits per heavy atom. The highest BCUT2D eigenvalue weighted by Crippen LogP contribution is 2.36. The van der Waals surface area contributed by atoms with Crippen LogP contribution in [0, 0.1) is 0 Å². The Kier molecular flexibility index (Phi) is 7.30. The number of nitrogens with one attached hydrogen (secondary N) is 2. The molecule has 1 unspecified atom stereocenters. The Balaban J connectivity index is 1.73. The molecule has 0 radical (unpaired) electrons. The summed E-state index contributed by atoms with van der Waals surface area (Å²) in [6.07, 6.45) is 3.35. The molecule has 0 aliphatic heterocycles. The Labute approximate surface area is 188 Å². The van der Waals surface area contributed by atoms with Gasteiger partial charge in [0.1, 0.15) is 6.04 Å². The van der Waals surface area contributed by atoms with Crippen molar-refractivity contribution in [1.82, 2.24) is 9.78 Å². The Hall–Kier alpha value is -3.33. The molecule has 2 amide bonds. The maximum Gasteiger partial charge on any atom is 0.255 e. The lowest BCUT2D eigenvalue weighted by Crippen LogP contribution is -2.24. The smallest absolute Gasteiger partial charge is 0.255 e. The maximum atomic E-state index is 12.8. The molecule has 1 heterocycles. The first kappa shape index (κ1) is 22.4. The topological polar surface area (TPSA) is 94.5 Å². The summed E-state index contributed by atoms with van der Waals surface area (Å²) < 4.78 is 13.1. The van der Waals surface area contributed by atoms with Crippen molar-refractivity contribution in [3.63, 3.8) is 0 Å². The summed E-state index contributed by atoms with van der Waals surface area (Å²) in [4.78, 5) is 25.2. The van der Waals surface area contributed by atoms with Crippen LogP contribution in [0.3, 0.4) is 0 Å². The van der Waals surface area contributed by atoms with Crippen LogP contribution in [0.5, 0.6) is 11.5 Å². The average molecular weight is 487 g/mol. The lowest BCUT2D eigenvalue weighted by molar-refractivity contribution is -0.119. The lowest BCUT2D eigenvalue weighted by Gasteiger charge is -2.15. The number of methoxy groups -OCH3 is 1. The highest BCUT2D eigenvalue weighted by molar-refractivity contribution is 9.10. The fraction of sp³-hybridized carbons (Fsp3) is 0.227. The molecule has 0 saturated carbocycles. The van der Waals surface area contributed by atoms with Crippen LogP contribution in [0.25, 0.3) is 0 Å². The summed E-state index contributed by atoms with van der Waals surface area (Å²) in [6, 6.07) is 11.5. The van der Waals surface area contributed by atoms with Crippen molar-refractivity contribution in [2.24, 2.45) is 0 Å². The lowest BCUT2D eigenvalue weighted by atomic mass is 10.1. The van der Waals surface area contributed by atoms with E-state index >= 15 is 0 Å². The third-order valence-electron chi connectivity index (χ3n) is 4.47. The number of halogens is 1. The number of amides is 2. The van der Waals surface area contributed by atoms with Gasteiger partial charge in [-0.05, 0) is 66.2 Å². The van der Waals surface area contributed by atoms with E-state index in [2.05, 4.69) is 31.7 Å². The summed E-state index contributed by atoms with van der Waals surface area (Å²) >= 11 is 3.42. The number of benzene rings is 2. The second kappa shape index (κ2) is 10.1. The van der Waals surface area contributed by atoms with E-state index < -0.39 is 6.04 Å². The molecule has 1 aromatic heterocycles. The van der Waals surface area contributed by atoms with E-state index in [1.807, 2.05) is 6.92 Å². The monoisotopic (exact) mass is 486 g/mol. The Bertz CT molecular complexity index is 1070. The van der Waals surface area contributed by atoms with Crippen molar-refractivity contribution in [3.8, 4) is 11.5 Å². The van der Waals surface area contributed by atoms with Gasteiger partial charge in [-0.2, -0.15) is 5.10 Å². The van der Waals surface area contributed by atoms with Crippen molar-refractivity contribution in [2.45, 2.75) is 19.9 Å². The molecule has 0 aliphatic carbocycles. The molecule has 162 valence electrons. The van der Waals surface area contributed by atoms with Crippen LogP contribution in [-0.4, -0.2) is 35.3 Å². The first-order chi connectivity index (χ1) is 14.9. The molecule has 1 atom stereocenters. The third-order valence-corrected chi connectivity index (χ3v) is 5.06. The van der Waals surface area contributed by atoms with Gasteiger partial charge in [0.05, 0.1) is 18.2 Å². The molecule has 3 rings (SSSR count). The van der Waals surface area contributed by atoms with Gasteiger partial charge in [0, 0.05) is 29.3 Å². The molecular weight excluding hydrogens is 464 g/mol. The van der Waals surface area contributed by atoms with Gasteiger partial charge in [0.25, 0.3) is 5.91 Å². The van der Waals surface area contributed by atoms with Crippen LogP contribution in [-0.2, 0) is 4.79 Å². The Morgan fingerprint density at radius 2 is 1.90 bits per heavy atom. The molecular formula is C22H23BrN4O4. The number of aromatic nitrogens is 2. The van der Waals surface area contributed by atoms with E-state index in [9.17, 15) is 9.59 Å². The van der Waals surface area contributed by atoms with Crippen LogP contribution >= 0.6 is 15.9 Å². The van der Waals surface area contributed by atoms with Crippen molar-refractivity contribution in [2.75, 3.05) is 24.4 Å². The summed E-state index contributed by atoms with van der Waals surface area (Å²) in [5, 5.41) is 9.75. The van der Waals surface area contributed by atoms with Crippen LogP contribution in [0.4, 0.5) is 11.4 Å². The minimum atomic E-state index is -0.470. The first-order valence-electron chi connectivity index (χ1n) is 9.64. The van der Waals surface area contributed by atoms with E-state index in [4.69, 9.17) is 9.47 Å². The number of carbonyl (C=O) groups is 2. The molecule has 9 heteroatoms. The molecule has 2 N–H and O–H groups in total. The zero-order valence-corrected chi connectivity index (χ0v) is 19.0. The van der Waals surface area contributed by atoms with Gasteiger partial charge in [-0.3, -0.25) is 14.3 Å². The number of rotatable bonds is 8. The number of carbonyl (C=O) groups excluding carboxylic acids is 2. The largest absolute Gasteiger partial charge is 0.493 e. The fourth-order valence-corrected chi connectivity index (χ4v) is 3.45. The van der Waals surface area contributed by atoms with Crippen molar-refractivity contribution < 1.29 is 19.1 Å². The van der Waals surface area contributed by atoms with Crippen LogP contribution in [0.2, 0.25) is 0 Å². The zero-order valence-electron chi connectivity index (χ0n) is 17.4. The first-order valence-corrected chi connectivity index (χ1v) is 10.4. The van der Waals surface area contributed by atoms with Crippen LogP contribution in [0.15, 0.2) is 59.3 Å². The van der Waals surface area contributed by atoms with Gasteiger partial charge in [0.15, 0.2) is 11.5 Å². The average Bonchev–Trinajstić information content (AvgIpc) is 3.29. The molecule has 0 spiro atoms. The van der Waals surface area contributed by atoms with Crippen molar-refractivity contribution in [3.05, 3.63) is 64.9 Å². The third kappa shape index (κ3) is 5.43. The molecule has 8 nitrogen and oxygen atoms in total. The van der Waals surface area contributed by atoms with Crippen LogP contribution in [0.1, 0.15) is 30.2 Å². The minimum absolute atomic E-state index is 0.215. The number of hydrogen-bond acceptors (Lipinski definition) is 5. The molecule has 0 bridgehead atoms. The van der Waals surface area contributed by atoms with Gasteiger partial charge < -0.3 is 20.1 Å². The van der Waals surface area contributed by atoms with Crippen LogP contribution < -0.4 is 20.1 Å². The van der Waals surface area contributed by atoms with E-state index in [0.29, 0.717) is 39.5 Å². The number of anilines is 2. The molecule has 0 aliphatic rings. The van der Waals surface area contributed by atoms with Gasteiger partial charge in [-0.1, -0.05) is 6.07 Å². The maximum absolute atomic E-state index is 12.8. The van der Waals surface area contributed by atoms with Gasteiger partial charge in [0.2, 0.25) is 5.91 Å². The van der Waals surface area contributed by atoms with E-state index in [-0.39, 0.29) is 11.8 Å². The SMILES string of the molecule is CCOc1c(Br)cc(C(=O)Nc2cccc(NC(=O)C(C)n3cccn3)c2)cc1OC. The molecule has 0 fully saturated rings. The van der Waals surface area contributed by atoms with E-state index in [1.54, 1.807) is 66.5 Å². The Morgan fingerprint density at radius 1 is 1.16 bits per heavy atom. The second-order valence-corrected chi connectivity index (χ2v) is 7.46. The summed E-state index contributed by atoms with van der Waals surface area (Å²) in [6.45, 7) is 4.09. The highest BCUT2D eigenvalue weighted by atomic mass is 79.9. The van der Waals surface area contributed by atoms with E-state index in [1.165, 1.54) is 7.11 Å². The highest BCUT2D eigenvalue weighted by Gasteiger charge is 2.17. The summed E-state index contributed by atoms with van der Waals surface area (Å²) in [5.74, 6) is 0.454. The predicted molar refractivity (Wildman–Crippen MR) is 122 cm³/mol. The van der Waals surface area contributed by atoms with Gasteiger partial charge in [-0.15, -0.1) is 0 Å². The minimum Gasteiger partial charge on any atom is -0.493 e. The quantitative estimate of drug-likeness (QED) is 0.488. The molecule has 31 heavy (non-hydrogen) atoms. The van der Waals surface area contributed by atoms with Gasteiger partial charge >= 0.3 is 0 Å². The van der Waals surface area contributed by atoms with E-state index in [0.717, 1.165) is 0 Å². The number of hydrogen-bond donors (Lipinski definition) is 2. The summed E-state index contributed by atoms with van der Waals surface area (Å²) in [5.41, 5.74) is 1.50. The second-order valence-electron chi connectivity index (χ2n) is 6.61. The van der Waals surface area contributed by atoms with Crippen molar-refractivity contribution >= 4 is 39.1 Å². The predicted octanol–water partition coefficient (Wildman–Crippen LogP) is 4.50. The summed E-state index contributed by atoms with van der Waals surface area (Å²) in [7, 11) is 1.52. The fourth-order valence-electron chi connectivity index (χ4n) is 2.89.